The summed E-state index contributed by atoms with van der Waals surface area (Å²) in [5.74, 6) is -0.381. The first-order valence-corrected chi connectivity index (χ1v) is 6.18. The van der Waals surface area contributed by atoms with Crippen molar-refractivity contribution in [2.75, 3.05) is 19.6 Å². The van der Waals surface area contributed by atoms with E-state index in [2.05, 4.69) is 0 Å². The number of nitrogens with two attached hydrogens (primary N) is 2. The number of likely N-dealkylation sites (tertiary alicyclic amines) is 1. The third-order valence-electron chi connectivity index (χ3n) is 3.29. The van der Waals surface area contributed by atoms with Crippen molar-refractivity contribution in [3.63, 3.8) is 0 Å². The standard InChI is InChI=1S/C12H23N3O3/c1-11(2,3)18-10(17)15-6-4-12(8-13,5-7-15)9(14)16/h4-8,13H2,1-3H3,(H2,14,16). The first-order valence-electron chi connectivity index (χ1n) is 6.18. The number of rotatable bonds is 2. The van der Waals surface area contributed by atoms with Crippen LogP contribution in [0, 0.1) is 5.41 Å². The topological polar surface area (TPSA) is 98.7 Å². The largest absolute Gasteiger partial charge is 0.444 e. The lowest BCUT2D eigenvalue weighted by molar-refractivity contribution is -0.129. The van der Waals surface area contributed by atoms with Gasteiger partial charge in [-0.3, -0.25) is 4.79 Å². The SMILES string of the molecule is CC(C)(C)OC(=O)N1CCC(CN)(C(N)=O)CC1. The van der Waals surface area contributed by atoms with Crippen LogP contribution in [0.2, 0.25) is 0 Å². The molecule has 104 valence electrons. The number of nitrogens with zero attached hydrogens (tertiary/aromatic N) is 1. The van der Waals surface area contributed by atoms with E-state index in [0.29, 0.717) is 25.9 Å². The molecule has 0 aromatic heterocycles. The number of ether oxygens (including phenoxy) is 1. The highest BCUT2D eigenvalue weighted by Crippen LogP contribution is 2.30. The second kappa shape index (κ2) is 5.14. The highest BCUT2D eigenvalue weighted by molar-refractivity contribution is 5.81. The Bertz CT molecular complexity index is 328. The molecule has 6 heteroatoms. The van der Waals surface area contributed by atoms with Crippen molar-refractivity contribution in [3.05, 3.63) is 0 Å². The van der Waals surface area contributed by atoms with Crippen LogP contribution in [0.1, 0.15) is 33.6 Å². The number of carbonyl (C=O) groups is 2. The second-order valence-electron chi connectivity index (χ2n) is 5.82. The summed E-state index contributed by atoms with van der Waals surface area (Å²) in [7, 11) is 0. The lowest BCUT2D eigenvalue weighted by Gasteiger charge is -2.39. The van der Waals surface area contributed by atoms with Crippen molar-refractivity contribution in [2.45, 2.75) is 39.2 Å². The average molecular weight is 257 g/mol. The van der Waals surface area contributed by atoms with Gasteiger partial charge in [-0.25, -0.2) is 4.79 Å². The maximum atomic E-state index is 11.8. The molecule has 0 aromatic rings. The Morgan fingerprint density at radius 3 is 2.11 bits per heavy atom. The summed E-state index contributed by atoms with van der Waals surface area (Å²) in [6, 6.07) is 0. The summed E-state index contributed by atoms with van der Waals surface area (Å²) >= 11 is 0. The van der Waals surface area contributed by atoms with E-state index in [4.69, 9.17) is 16.2 Å². The molecular weight excluding hydrogens is 234 g/mol. The number of hydrogen-bond donors (Lipinski definition) is 2. The molecule has 0 saturated carbocycles. The highest BCUT2D eigenvalue weighted by atomic mass is 16.6. The number of piperidine rings is 1. The summed E-state index contributed by atoms with van der Waals surface area (Å²) in [5.41, 5.74) is 9.83. The van der Waals surface area contributed by atoms with Gasteiger partial charge in [0.05, 0.1) is 5.41 Å². The quantitative estimate of drug-likeness (QED) is 0.750. The molecule has 0 bridgehead atoms. The zero-order chi connectivity index (χ0) is 14.0. The lowest BCUT2D eigenvalue weighted by atomic mass is 9.78. The Morgan fingerprint density at radius 2 is 1.78 bits per heavy atom. The maximum absolute atomic E-state index is 11.8. The molecule has 4 N–H and O–H groups in total. The van der Waals surface area contributed by atoms with Gasteiger partial charge in [0, 0.05) is 19.6 Å². The summed E-state index contributed by atoms with van der Waals surface area (Å²) in [5, 5.41) is 0. The van der Waals surface area contributed by atoms with Crippen LogP contribution in [-0.4, -0.2) is 42.1 Å². The molecule has 0 spiro atoms. The number of amides is 2. The van der Waals surface area contributed by atoms with Crippen LogP contribution >= 0.6 is 0 Å². The minimum atomic E-state index is -0.668. The maximum Gasteiger partial charge on any atom is 0.410 e. The van der Waals surface area contributed by atoms with Crippen LogP contribution in [0.15, 0.2) is 0 Å². The third-order valence-corrected chi connectivity index (χ3v) is 3.29. The zero-order valence-electron chi connectivity index (χ0n) is 11.4. The minimum absolute atomic E-state index is 0.227. The zero-order valence-corrected chi connectivity index (χ0v) is 11.4. The minimum Gasteiger partial charge on any atom is -0.444 e. The molecule has 6 nitrogen and oxygen atoms in total. The second-order valence-corrected chi connectivity index (χ2v) is 5.82. The first-order chi connectivity index (χ1) is 8.20. The van der Waals surface area contributed by atoms with Gasteiger partial charge in [0.15, 0.2) is 0 Å². The van der Waals surface area contributed by atoms with Gasteiger partial charge in [-0.1, -0.05) is 0 Å². The summed E-state index contributed by atoms with van der Waals surface area (Å²) in [4.78, 5) is 24.9. The highest BCUT2D eigenvalue weighted by Gasteiger charge is 2.40. The molecule has 2 amide bonds. The van der Waals surface area contributed by atoms with Crippen molar-refractivity contribution < 1.29 is 14.3 Å². The van der Waals surface area contributed by atoms with Crippen molar-refractivity contribution >= 4 is 12.0 Å². The van der Waals surface area contributed by atoms with Gasteiger partial charge in [0.2, 0.25) is 5.91 Å². The summed E-state index contributed by atoms with van der Waals surface area (Å²) in [6.07, 6.45) is 0.647. The van der Waals surface area contributed by atoms with E-state index >= 15 is 0 Å². The molecule has 1 rings (SSSR count). The van der Waals surface area contributed by atoms with Gasteiger partial charge >= 0.3 is 6.09 Å². The van der Waals surface area contributed by atoms with E-state index in [9.17, 15) is 9.59 Å². The molecular formula is C12H23N3O3. The molecule has 18 heavy (non-hydrogen) atoms. The molecule has 1 aliphatic heterocycles. The third kappa shape index (κ3) is 3.35. The number of primary amides is 1. The fourth-order valence-corrected chi connectivity index (χ4v) is 1.99. The van der Waals surface area contributed by atoms with E-state index in [1.165, 1.54) is 0 Å². The molecule has 0 aliphatic carbocycles. The average Bonchev–Trinajstić information content (AvgIpc) is 2.26. The van der Waals surface area contributed by atoms with Crippen LogP contribution in [0.3, 0.4) is 0 Å². The fourth-order valence-electron chi connectivity index (χ4n) is 1.99. The number of hydrogen-bond acceptors (Lipinski definition) is 4. The molecule has 1 aliphatic rings. The molecule has 1 saturated heterocycles. The van der Waals surface area contributed by atoms with Gasteiger partial charge < -0.3 is 21.1 Å². The van der Waals surface area contributed by atoms with Gasteiger partial charge in [-0.15, -0.1) is 0 Å². The van der Waals surface area contributed by atoms with Crippen LogP contribution in [0.25, 0.3) is 0 Å². The van der Waals surface area contributed by atoms with E-state index in [-0.39, 0.29) is 18.5 Å². The monoisotopic (exact) mass is 257 g/mol. The Kier molecular flexibility index (Phi) is 4.21. The van der Waals surface area contributed by atoms with Gasteiger partial charge in [-0.2, -0.15) is 0 Å². The molecule has 0 aromatic carbocycles. The van der Waals surface area contributed by atoms with Gasteiger partial charge in [-0.05, 0) is 33.6 Å². The van der Waals surface area contributed by atoms with E-state index in [1.807, 2.05) is 20.8 Å². The molecule has 0 atom stereocenters. The van der Waals surface area contributed by atoms with Crippen molar-refractivity contribution in [1.29, 1.82) is 0 Å². The Morgan fingerprint density at radius 1 is 1.28 bits per heavy atom. The van der Waals surface area contributed by atoms with E-state index < -0.39 is 11.0 Å². The first kappa shape index (κ1) is 14.8. The lowest BCUT2D eigenvalue weighted by Crippen LogP contribution is -2.52. The van der Waals surface area contributed by atoms with Crippen LogP contribution in [-0.2, 0) is 9.53 Å². The summed E-state index contributed by atoms with van der Waals surface area (Å²) in [6.45, 7) is 6.60. The Labute approximate surface area is 108 Å². The fraction of sp³-hybridized carbons (Fsp3) is 0.833. The normalized spacial score (nSPS) is 19.4. The predicted molar refractivity (Wildman–Crippen MR) is 67.7 cm³/mol. The predicted octanol–water partition coefficient (Wildman–Crippen LogP) is 0.448. The van der Waals surface area contributed by atoms with E-state index in [0.717, 1.165) is 0 Å². The molecule has 1 heterocycles. The van der Waals surface area contributed by atoms with Gasteiger partial charge in [0.25, 0.3) is 0 Å². The number of carbonyl (C=O) groups excluding carboxylic acids is 2. The van der Waals surface area contributed by atoms with Crippen LogP contribution in [0.5, 0.6) is 0 Å². The van der Waals surface area contributed by atoms with Crippen molar-refractivity contribution in [1.82, 2.24) is 4.90 Å². The molecule has 0 unspecified atom stereocenters. The van der Waals surface area contributed by atoms with E-state index in [1.54, 1.807) is 4.90 Å². The Hall–Kier alpha value is -1.30. The molecule has 1 fully saturated rings. The van der Waals surface area contributed by atoms with Crippen LogP contribution in [0.4, 0.5) is 4.79 Å². The van der Waals surface area contributed by atoms with Crippen LogP contribution < -0.4 is 11.5 Å². The summed E-state index contributed by atoms with van der Waals surface area (Å²) < 4.78 is 5.28. The van der Waals surface area contributed by atoms with Gasteiger partial charge in [0.1, 0.15) is 5.60 Å². The Balaban J connectivity index is 2.58. The van der Waals surface area contributed by atoms with Crippen molar-refractivity contribution in [2.24, 2.45) is 16.9 Å². The van der Waals surface area contributed by atoms with Crippen molar-refractivity contribution in [3.8, 4) is 0 Å². The smallest absolute Gasteiger partial charge is 0.410 e. The molecule has 0 radical (unpaired) electrons.